The van der Waals surface area contributed by atoms with Crippen LogP contribution in [0.2, 0.25) is 5.02 Å². The summed E-state index contributed by atoms with van der Waals surface area (Å²) in [7, 11) is -3.39. The van der Waals surface area contributed by atoms with Crippen LogP contribution >= 0.6 is 11.6 Å². The second-order valence-corrected chi connectivity index (χ2v) is 7.71. The van der Waals surface area contributed by atoms with E-state index in [-0.39, 0.29) is 15.5 Å². The van der Waals surface area contributed by atoms with Gasteiger partial charge in [-0.25, -0.2) is 13.4 Å². The quantitative estimate of drug-likeness (QED) is 0.750. The molecule has 0 fully saturated rings. The summed E-state index contributed by atoms with van der Waals surface area (Å²) < 4.78 is 28.3. The molecule has 0 saturated heterocycles. The molecule has 0 saturated carbocycles. The number of amides is 1. The van der Waals surface area contributed by atoms with Gasteiger partial charge in [0, 0.05) is 17.5 Å². The van der Waals surface area contributed by atoms with Crippen molar-refractivity contribution in [3.63, 3.8) is 0 Å². The van der Waals surface area contributed by atoms with E-state index in [4.69, 9.17) is 16.0 Å². The monoisotopic (exact) mass is 376 g/mol. The molecule has 3 aromatic rings. The number of carbonyl (C=O) groups excluding carboxylic acids is 1. The maximum absolute atomic E-state index is 12.4. The second kappa shape index (κ2) is 6.70. The highest BCUT2D eigenvalue weighted by Crippen LogP contribution is 2.24. The number of oxazole rings is 1. The molecule has 0 aliphatic rings. The third kappa shape index (κ3) is 3.89. The summed E-state index contributed by atoms with van der Waals surface area (Å²) in [4.78, 5) is 16.5. The third-order valence-electron chi connectivity index (χ3n) is 3.41. The molecule has 6 nitrogen and oxygen atoms in total. The Morgan fingerprint density at radius 2 is 2.00 bits per heavy atom. The van der Waals surface area contributed by atoms with Gasteiger partial charge in [-0.1, -0.05) is 17.7 Å². The van der Waals surface area contributed by atoms with Crippen LogP contribution in [0, 0.1) is 0 Å². The zero-order valence-corrected chi connectivity index (χ0v) is 14.6. The van der Waals surface area contributed by atoms with Gasteiger partial charge < -0.3 is 9.73 Å². The molecule has 1 aromatic heterocycles. The van der Waals surface area contributed by atoms with E-state index in [2.05, 4.69) is 10.3 Å². The van der Waals surface area contributed by atoms with E-state index < -0.39 is 15.7 Å². The van der Waals surface area contributed by atoms with Gasteiger partial charge in [0.15, 0.2) is 9.84 Å². The van der Waals surface area contributed by atoms with Gasteiger partial charge in [-0.05, 0) is 36.4 Å². The molecular weight excluding hydrogens is 364 g/mol. The number of aromatic nitrogens is 1. The number of halogens is 1. The Morgan fingerprint density at radius 1 is 1.20 bits per heavy atom. The normalized spacial score (nSPS) is 11.3. The van der Waals surface area contributed by atoms with E-state index in [1.54, 1.807) is 24.3 Å². The second-order valence-electron chi connectivity index (χ2n) is 5.29. The van der Waals surface area contributed by atoms with Crippen LogP contribution in [0.3, 0.4) is 0 Å². The first-order valence-corrected chi connectivity index (χ1v) is 9.42. The molecule has 0 atom stereocenters. The fourth-order valence-corrected chi connectivity index (χ4v) is 3.18. The number of nitrogens with zero attached hydrogens (tertiary/aromatic N) is 1. The van der Waals surface area contributed by atoms with Crippen molar-refractivity contribution < 1.29 is 17.6 Å². The minimum Gasteiger partial charge on any atom is -0.445 e. The van der Waals surface area contributed by atoms with Crippen molar-refractivity contribution >= 4 is 33.0 Å². The number of benzene rings is 2. The van der Waals surface area contributed by atoms with Crippen molar-refractivity contribution in [2.45, 2.75) is 4.90 Å². The highest BCUT2D eigenvalue weighted by atomic mass is 35.5. The average Bonchev–Trinajstić information content (AvgIpc) is 3.08. The summed E-state index contributed by atoms with van der Waals surface area (Å²) >= 11 is 6.06. The zero-order chi connectivity index (χ0) is 18.0. The lowest BCUT2D eigenvalue weighted by Gasteiger charge is -2.09. The van der Waals surface area contributed by atoms with Crippen molar-refractivity contribution in [1.29, 1.82) is 0 Å². The highest BCUT2D eigenvalue weighted by molar-refractivity contribution is 7.90. The Labute approximate surface area is 149 Å². The van der Waals surface area contributed by atoms with E-state index in [0.29, 0.717) is 17.1 Å². The van der Waals surface area contributed by atoms with Crippen LogP contribution < -0.4 is 5.32 Å². The first kappa shape index (κ1) is 17.2. The summed E-state index contributed by atoms with van der Waals surface area (Å²) in [6.07, 6.45) is 4.07. The van der Waals surface area contributed by atoms with Crippen molar-refractivity contribution in [1.82, 2.24) is 4.98 Å². The number of anilines is 1. The van der Waals surface area contributed by atoms with Gasteiger partial charge in [-0.2, -0.15) is 0 Å². The lowest BCUT2D eigenvalue weighted by molar-refractivity contribution is 0.102. The van der Waals surface area contributed by atoms with Crippen LogP contribution in [-0.4, -0.2) is 25.6 Å². The van der Waals surface area contributed by atoms with Crippen LogP contribution in [0.4, 0.5) is 5.69 Å². The minimum atomic E-state index is -3.39. The van der Waals surface area contributed by atoms with Gasteiger partial charge in [-0.3, -0.25) is 4.79 Å². The number of sulfone groups is 1. The Kier molecular flexibility index (Phi) is 4.61. The minimum absolute atomic E-state index is 0.0555. The van der Waals surface area contributed by atoms with Crippen LogP contribution in [-0.2, 0) is 9.84 Å². The average molecular weight is 377 g/mol. The van der Waals surface area contributed by atoms with Gasteiger partial charge in [0.05, 0.1) is 21.7 Å². The van der Waals surface area contributed by atoms with Gasteiger partial charge >= 0.3 is 0 Å². The molecule has 0 unspecified atom stereocenters. The van der Waals surface area contributed by atoms with E-state index in [1.165, 1.54) is 30.7 Å². The Bertz CT molecular complexity index is 1030. The highest BCUT2D eigenvalue weighted by Gasteiger charge is 2.15. The molecule has 0 bridgehead atoms. The maximum atomic E-state index is 12.4. The first-order chi connectivity index (χ1) is 11.8. The zero-order valence-electron chi connectivity index (χ0n) is 13.1. The molecule has 1 heterocycles. The molecule has 25 heavy (non-hydrogen) atoms. The van der Waals surface area contributed by atoms with E-state index in [9.17, 15) is 13.2 Å². The standard InChI is InChI=1S/C17H13ClN2O4S/c1-25(22,23)13-5-6-14(15(18)10-13)16(21)20-12-4-2-3-11(9-12)17-19-7-8-24-17/h2-10H,1H3,(H,20,21). The number of hydrogen-bond acceptors (Lipinski definition) is 5. The van der Waals surface area contributed by atoms with Crippen LogP contribution in [0.1, 0.15) is 10.4 Å². The molecule has 2 aromatic carbocycles. The Hall–Kier alpha value is -2.64. The van der Waals surface area contributed by atoms with Gasteiger partial charge in [0.1, 0.15) is 6.26 Å². The summed E-state index contributed by atoms with van der Waals surface area (Å²) in [6, 6.07) is 11.0. The molecule has 0 aliphatic heterocycles. The lowest BCUT2D eigenvalue weighted by Crippen LogP contribution is -2.13. The smallest absolute Gasteiger partial charge is 0.257 e. The topological polar surface area (TPSA) is 89.3 Å². The van der Waals surface area contributed by atoms with Gasteiger partial charge in [0.2, 0.25) is 5.89 Å². The summed E-state index contributed by atoms with van der Waals surface area (Å²) in [5, 5.41) is 2.78. The summed E-state index contributed by atoms with van der Waals surface area (Å²) in [5.74, 6) is -0.0127. The molecule has 0 radical (unpaired) electrons. The molecule has 8 heteroatoms. The third-order valence-corrected chi connectivity index (χ3v) is 4.84. The van der Waals surface area contributed by atoms with Crippen LogP contribution in [0.15, 0.2) is 64.2 Å². The predicted molar refractivity (Wildman–Crippen MR) is 94.5 cm³/mol. The van der Waals surface area contributed by atoms with Crippen LogP contribution in [0.25, 0.3) is 11.5 Å². The van der Waals surface area contributed by atoms with Crippen LogP contribution in [0.5, 0.6) is 0 Å². The molecule has 3 rings (SSSR count). The number of carbonyl (C=O) groups is 1. The Balaban J connectivity index is 1.85. The van der Waals surface area contributed by atoms with E-state index in [1.807, 2.05) is 0 Å². The SMILES string of the molecule is CS(=O)(=O)c1ccc(C(=O)Nc2cccc(-c3ncco3)c2)c(Cl)c1. The fraction of sp³-hybridized carbons (Fsp3) is 0.0588. The number of hydrogen-bond donors (Lipinski definition) is 1. The van der Waals surface area contributed by atoms with Crippen molar-refractivity contribution in [3.05, 3.63) is 65.5 Å². The largest absolute Gasteiger partial charge is 0.445 e. The fourth-order valence-electron chi connectivity index (χ4n) is 2.21. The van der Waals surface area contributed by atoms with Crippen molar-refractivity contribution in [2.75, 3.05) is 11.6 Å². The molecular formula is C17H13ClN2O4S. The summed E-state index contributed by atoms with van der Waals surface area (Å²) in [6.45, 7) is 0. The van der Waals surface area contributed by atoms with Crippen molar-refractivity contribution in [2.24, 2.45) is 0 Å². The molecule has 1 N–H and O–H groups in total. The van der Waals surface area contributed by atoms with Gasteiger partial charge in [-0.15, -0.1) is 0 Å². The molecule has 1 amide bonds. The number of nitrogens with one attached hydrogen (secondary N) is 1. The maximum Gasteiger partial charge on any atom is 0.257 e. The lowest BCUT2D eigenvalue weighted by atomic mass is 10.1. The van der Waals surface area contributed by atoms with Gasteiger partial charge in [0.25, 0.3) is 5.91 Å². The van der Waals surface area contributed by atoms with E-state index in [0.717, 1.165) is 6.26 Å². The molecule has 0 spiro atoms. The number of rotatable bonds is 4. The summed E-state index contributed by atoms with van der Waals surface area (Å²) in [5.41, 5.74) is 1.42. The predicted octanol–water partition coefficient (Wildman–Crippen LogP) is 3.65. The first-order valence-electron chi connectivity index (χ1n) is 7.15. The molecule has 128 valence electrons. The Morgan fingerprint density at radius 3 is 2.64 bits per heavy atom. The van der Waals surface area contributed by atoms with E-state index >= 15 is 0 Å². The van der Waals surface area contributed by atoms with Crippen molar-refractivity contribution in [3.8, 4) is 11.5 Å². The molecule has 0 aliphatic carbocycles.